The highest BCUT2D eigenvalue weighted by atomic mass is 35.5. The van der Waals surface area contributed by atoms with E-state index in [-0.39, 0.29) is 22.2 Å². The van der Waals surface area contributed by atoms with Crippen molar-refractivity contribution in [2.45, 2.75) is 10.1 Å². The molecule has 5 aromatic carbocycles. The molecule has 47 heavy (non-hydrogen) atoms. The standard InChI is InChI=1S/C37H29ClFN3O4S/c1-46-28-20-18-26(19-21-28)40-37(45)34(24-10-4-2-5-11-24)47-29-15-8-14-27(22-29)41-36(44)33(23-30-31(38)16-9-17-32(30)39)42-35(43)25-12-6-3-7-13-25/h2-23,34H,1H3,(H,40,45)(H,41,44)(H,42,43)/b33-23+. The van der Waals surface area contributed by atoms with Gasteiger partial charge in [0.1, 0.15) is 22.5 Å². The second-order valence-corrected chi connectivity index (χ2v) is 11.7. The number of halogens is 2. The van der Waals surface area contributed by atoms with E-state index in [1.165, 1.54) is 36.0 Å². The molecule has 0 fully saturated rings. The zero-order valence-electron chi connectivity index (χ0n) is 25.1. The first-order chi connectivity index (χ1) is 22.8. The van der Waals surface area contributed by atoms with Gasteiger partial charge < -0.3 is 20.7 Å². The summed E-state index contributed by atoms with van der Waals surface area (Å²) in [5, 5.41) is 7.77. The fraction of sp³-hybridized carbons (Fsp3) is 0.0541. The van der Waals surface area contributed by atoms with Gasteiger partial charge in [-0.1, -0.05) is 72.3 Å². The lowest BCUT2D eigenvalue weighted by Gasteiger charge is -2.18. The number of ether oxygens (including phenoxy) is 1. The summed E-state index contributed by atoms with van der Waals surface area (Å²) in [5.74, 6) is -1.48. The van der Waals surface area contributed by atoms with Crippen LogP contribution in [0.25, 0.3) is 6.08 Å². The second-order valence-electron chi connectivity index (χ2n) is 10.1. The Balaban J connectivity index is 1.39. The van der Waals surface area contributed by atoms with Crippen molar-refractivity contribution >= 4 is 58.5 Å². The summed E-state index contributed by atoms with van der Waals surface area (Å²) in [4.78, 5) is 40.8. The fourth-order valence-corrected chi connectivity index (χ4v) is 5.80. The predicted molar refractivity (Wildman–Crippen MR) is 185 cm³/mol. The van der Waals surface area contributed by atoms with E-state index in [9.17, 15) is 18.8 Å². The number of anilines is 2. The maximum absolute atomic E-state index is 14.7. The maximum Gasteiger partial charge on any atom is 0.272 e. The average Bonchev–Trinajstić information content (AvgIpc) is 3.09. The van der Waals surface area contributed by atoms with Gasteiger partial charge in [-0.3, -0.25) is 14.4 Å². The summed E-state index contributed by atoms with van der Waals surface area (Å²) in [7, 11) is 1.57. The summed E-state index contributed by atoms with van der Waals surface area (Å²) in [6, 6.07) is 35.8. The van der Waals surface area contributed by atoms with E-state index in [1.54, 1.807) is 79.9 Å². The Morgan fingerprint density at radius 3 is 2.15 bits per heavy atom. The zero-order valence-corrected chi connectivity index (χ0v) is 26.6. The van der Waals surface area contributed by atoms with Crippen LogP contribution < -0.4 is 20.7 Å². The van der Waals surface area contributed by atoms with Crippen molar-refractivity contribution < 1.29 is 23.5 Å². The number of carbonyl (C=O) groups is 3. The van der Waals surface area contributed by atoms with Crippen LogP contribution in [0, 0.1) is 5.82 Å². The molecule has 0 heterocycles. The Morgan fingerprint density at radius 2 is 1.47 bits per heavy atom. The molecule has 0 aromatic heterocycles. The number of benzene rings is 5. The van der Waals surface area contributed by atoms with Crippen LogP contribution in [0.4, 0.5) is 15.8 Å². The number of thioether (sulfide) groups is 1. The van der Waals surface area contributed by atoms with Gasteiger partial charge in [0.15, 0.2) is 0 Å². The Morgan fingerprint density at radius 1 is 0.787 bits per heavy atom. The number of rotatable bonds is 11. The topological polar surface area (TPSA) is 96.5 Å². The number of nitrogens with one attached hydrogen (secondary N) is 3. The number of hydrogen-bond donors (Lipinski definition) is 3. The molecule has 5 rings (SSSR count). The SMILES string of the molecule is COc1ccc(NC(=O)C(Sc2cccc(NC(=O)/C(=C\c3c(F)cccc3Cl)NC(=O)c3ccccc3)c2)c2ccccc2)cc1. The van der Waals surface area contributed by atoms with E-state index < -0.39 is 22.9 Å². The van der Waals surface area contributed by atoms with Crippen molar-refractivity contribution in [1.29, 1.82) is 0 Å². The van der Waals surface area contributed by atoms with E-state index >= 15 is 0 Å². The smallest absolute Gasteiger partial charge is 0.272 e. The quantitative estimate of drug-likeness (QED) is 0.0973. The molecule has 0 saturated heterocycles. The van der Waals surface area contributed by atoms with Crippen molar-refractivity contribution in [2.24, 2.45) is 0 Å². The number of methoxy groups -OCH3 is 1. The highest BCUT2D eigenvalue weighted by Crippen LogP contribution is 2.37. The van der Waals surface area contributed by atoms with Gasteiger partial charge in [0, 0.05) is 27.4 Å². The summed E-state index contributed by atoms with van der Waals surface area (Å²) in [6.45, 7) is 0. The van der Waals surface area contributed by atoms with Crippen LogP contribution in [0.1, 0.15) is 26.7 Å². The third-order valence-electron chi connectivity index (χ3n) is 6.86. The van der Waals surface area contributed by atoms with E-state index in [0.717, 1.165) is 5.56 Å². The molecule has 3 amide bonds. The molecule has 0 aliphatic carbocycles. The van der Waals surface area contributed by atoms with Gasteiger partial charge >= 0.3 is 0 Å². The fourth-order valence-electron chi connectivity index (χ4n) is 4.50. The second kappa shape index (κ2) is 15.8. The summed E-state index contributed by atoms with van der Waals surface area (Å²) < 4.78 is 19.9. The molecule has 236 valence electrons. The molecule has 0 aliphatic rings. The minimum Gasteiger partial charge on any atom is -0.497 e. The molecular formula is C37H29ClFN3O4S. The summed E-state index contributed by atoms with van der Waals surface area (Å²) in [5.41, 5.74) is 1.83. The molecule has 5 aromatic rings. The summed E-state index contributed by atoms with van der Waals surface area (Å²) >= 11 is 7.53. The van der Waals surface area contributed by atoms with Crippen LogP contribution in [0.3, 0.4) is 0 Å². The van der Waals surface area contributed by atoms with Gasteiger partial charge in [0.05, 0.1) is 12.1 Å². The molecule has 0 aliphatic heterocycles. The van der Waals surface area contributed by atoms with Crippen molar-refractivity contribution in [1.82, 2.24) is 5.32 Å². The molecular weight excluding hydrogens is 637 g/mol. The van der Waals surface area contributed by atoms with Gasteiger partial charge in [0.25, 0.3) is 11.8 Å². The molecule has 1 atom stereocenters. The van der Waals surface area contributed by atoms with E-state index in [0.29, 0.717) is 27.6 Å². The minimum atomic E-state index is -0.701. The maximum atomic E-state index is 14.7. The van der Waals surface area contributed by atoms with Crippen LogP contribution in [0.15, 0.2) is 138 Å². The summed E-state index contributed by atoms with van der Waals surface area (Å²) in [6.07, 6.45) is 1.20. The zero-order chi connectivity index (χ0) is 33.2. The van der Waals surface area contributed by atoms with Crippen LogP contribution in [0.2, 0.25) is 5.02 Å². The Kier molecular flexibility index (Phi) is 11.1. The van der Waals surface area contributed by atoms with Crippen LogP contribution >= 0.6 is 23.4 Å². The first kappa shape index (κ1) is 33.0. The molecule has 0 bridgehead atoms. The average molecular weight is 666 g/mol. The third-order valence-corrected chi connectivity index (χ3v) is 8.44. The minimum absolute atomic E-state index is 0.0504. The molecule has 0 saturated carbocycles. The predicted octanol–water partition coefficient (Wildman–Crippen LogP) is 8.37. The largest absolute Gasteiger partial charge is 0.497 e. The van der Waals surface area contributed by atoms with Crippen molar-refractivity contribution in [3.8, 4) is 5.75 Å². The van der Waals surface area contributed by atoms with E-state index in [4.69, 9.17) is 16.3 Å². The van der Waals surface area contributed by atoms with Gasteiger partial charge in [-0.2, -0.15) is 0 Å². The highest BCUT2D eigenvalue weighted by Gasteiger charge is 2.23. The van der Waals surface area contributed by atoms with Crippen molar-refractivity contribution in [3.05, 3.63) is 161 Å². The molecule has 3 N–H and O–H groups in total. The van der Waals surface area contributed by atoms with Gasteiger partial charge in [0.2, 0.25) is 5.91 Å². The Labute approximate surface area is 280 Å². The first-order valence-corrected chi connectivity index (χ1v) is 15.7. The van der Waals surface area contributed by atoms with Crippen molar-refractivity contribution in [3.63, 3.8) is 0 Å². The number of hydrogen-bond acceptors (Lipinski definition) is 5. The number of carbonyl (C=O) groups excluding carboxylic acids is 3. The van der Waals surface area contributed by atoms with Gasteiger partial charge in [-0.05, 0) is 78.4 Å². The molecule has 0 spiro atoms. The van der Waals surface area contributed by atoms with Gasteiger partial charge in [-0.15, -0.1) is 11.8 Å². The lowest BCUT2D eigenvalue weighted by atomic mass is 10.1. The Hall–Kier alpha value is -5.38. The Bertz CT molecular complexity index is 1880. The highest BCUT2D eigenvalue weighted by molar-refractivity contribution is 8.00. The van der Waals surface area contributed by atoms with Crippen LogP contribution in [0.5, 0.6) is 5.75 Å². The lowest BCUT2D eigenvalue weighted by molar-refractivity contribution is -0.116. The molecule has 10 heteroatoms. The lowest BCUT2D eigenvalue weighted by Crippen LogP contribution is -2.30. The van der Waals surface area contributed by atoms with Crippen LogP contribution in [-0.2, 0) is 9.59 Å². The van der Waals surface area contributed by atoms with E-state index in [1.807, 2.05) is 36.4 Å². The van der Waals surface area contributed by atoms with Crippen molar-refractivity contribution in [2.75, 3.05) is 17.7 Å². The van der Waals surface area contributed by atoms with Gasteiger partial charge in [-0.25, -0.2) is 4.39 Å². The first-order valence-electron chi connectivity index (χ1n) is 14.4. The monoisotopic (exact) mass is 665 g/mol. The van der Waals surface area contributed by atoms with Crippen LogP contribution in [-0.4, -0.2) is 24.8 Å². The molecule has 1 unspecified atom stereocenters. The number of amides is 3. The third kappa shape index (κ3) is 8.88. The normalized spacial score (nSPS) is 11.7. The molecule has 0 radical (unpaired) electrons. The molecule has 7 nitrogen and oxygen atoms in total. The van der Waals surface area contributed by atoms with E-state index in [2.05, 4.69) is 16.0 Å².